The number of carbonyl (C=O) groups excluding carboxylic acids is 1. The summed E-state index contributed by atoms with van der Waals surface area (Å²) in [4.78, 5) is 17.2. The van der Waals surface area contributed by atoms with Crippen LogP contribution in [-0.2, 0) is 17.9 Å². The van der Waals surface area contributed by atoms with Crippen LogP contribution >= 0.6 is 0 Å². The second-order valence-electron chi connectivity index (χ2n) is 7.74. The predicted octanol–water partition coefficient (Wildman–Crippen LogP) is 1.57. The van der Waals surface area contributed by atoms with Crippen LogP contribution in [0.5, 0.6) is 0 Å². The van der Waals surface area contributed by atoms with Crippen molar-refractivity contribution >= 4 is 5.91 Å². The molecule has 2 aliphatic rings. The fourth-order valence-electron chi connectivity index (χ4n) is 3.83. The number of carbonyl (C=O) groups is 1. The SMILES string of the molecule is CN1CCN(Cc2ccc(CNC(=O)C3CCCC(N)C3)cc2)CC1. The quantitative estimate of drug-likeness (QED) is 0.851. The third-order valence-corrected chi connectivity index (χ3v) is 5.58. The lowest BCUT2D eigenvalue weighted by Gasteiger charge is -2.32. The van der Waals surface area contributed by atoms with E-state index in [2.05, 4.69) is 46.4 Å². The molecule has 0 aromatic heterocycles. The van der Waals surface area contributed by atoms with E-state index in [0.717, 1.165) is 64.0 Å². The van der Waals surface area contributed by atoms with Gasteiger partial charge < -0.3 is 16.0 Å². The molecule has 3 rings (SSSR count). The molecule has 25 heavy (non-hydrogen) atoms. The molecular weight excluding hydrogens is 312 g/mol. The van der Waals surface area contributed by atoms with Crippen LogP contribution in [0.4, 0.5) is 0 Å². The average Bonchev–Trinajstić information content (AvgIpc) is 2.63. The summed E-state index contributed by atoms with van der Waals surface area (Å²) in [5.41, 5.74) is 8.49. The Kier molecular flexibility index (Phi) is 6.45. The number of benzene rings is 1. The van der Waals surface area contributed by atoms with Gasteiger partial charge in [0.05, 0.1) is 0 Å². The molecule has 2 fully saturated rings. The smallest absolute Gasteiger partial charge is 0.223 e. The van der Waals surface area contributed by atoms with Crippen LogP contribution in [0.15, 0.2) is 24.3 Å². The Balaban J connectivity index is 1.43. The van der Waals surface area contributed by atoms with Gasteiger partial charge in [-0.3, -0.25) is 9.69 Å². The molecule has 5 heteroatoms. The number of likely N-dealkylation sites (N-methyl/N-ethyl adjacent to an activating group) is 1. The van der Waals surface area contributed by atoms with Gasteiger partial charge in [-0.2, -0.15) is 0 Å². The molecule has 1 amide bonds. The first-order valence-electron chi connectivity index (χ1n) is 9.62. The molecule has 5 nitrogen and oxygen atoms in total. The van der Waals surface area contributed by atoms with Crippen molar-refractivity contribution < 1.29 is 4.79 Å². The minimum absolute atomic E-state index is 0.0975. The Morgan fingerprint density at radius 3 is 2.48 bits per heavy atom. The first kappa shape index (κ1) is 18.4. The fourth-order valence-corrected chi connectivity index (χ4v) is 3.83. The van der Waals surface area contributed by atoms with E-state index in [1.807, 2.05) is 0 Å². The highest BCUT2D eigenvalue weighted by atomic mass is 16.1. The van der Waals surface area contributed by atoms with Gasteiger partial charge in [-0.25, -0.2) is 0 Å². The summed E-state index contributed by atoms with van der Waals surface area (Å²) in [6.07, 6.45) is 3.93. The van der Waals surface area contributed by atoms with E-state index >= 15 is 0 Å². The Morgan fingerprint density at radius 1 is 1.12 bits per heavy atom. The lowest BCUT2D eigenvalue weighted by atomic mass is 9.85. The summed E-state index contributed by atoms with van der Waals surface area (Å²) < 4.78 is 0. The molecule has 3 N–H and O–H groups in total. The van der Waals surface area contributed by atoms with Crippen LogP contribution in [0, 0.1) is 5.92 Å². The normalized spacial score (nSPS) is 25.7. The number of nitrogens with zero attached hydrogens (tertiary/aromatic N) is 2. The van der Waals surface area contributed by atoms with Crippen LogP contribution in [0.1, 0.15) is 36.8 Å². The molecule has 138 valence electrons. The van der Waals surface area contributed by atoms with Gasteiger partial charge >= 0.3 is 0 Å². The van der Waals surface area contributed by atoms with Crippen molar-refractivity contribution in [3.63, 3.8) is 0 Å². The fraction of sp³-hybridized carbons (Fsp3) is 0.650. The molecule has 1 aliphatic carbocycles. The Labute approximate surface area is 151 Å². The third-order valence-electron chi connectivity index (χ3n) is 5.58. The number of hydrogen-bond donors (Lipinski definition) is 2. The van der Waals surface area contributed by atoms with Crippen molar-refractivity contribution in [1.29, 1.82) is 0 Å². The zero-order chi connectivity index (χ0) is 17.6. The van der Waals surface area contributed by atoms with Crippen molar-refractivity contribution in [2.75, 3.05) is 33.2 Å². The lowest BCUT2D eigenvalue weighted by Crippen LogP contribution is -2.43. The molecule has 2 unspecified atom stereocenters. The maximum atomic E-state index is 12.3. The minimum Gasteiger partial charge on any atom is -0.352 e. The van der Waals surface area contributed by atoms with Crippen molar-refractivity contribution in [1.82, 2.24) is 15.1 Å². The number of piperazine rings is 1. The van der Waals surface area contributed by atoms with Gasteiger partial charge in [-0.05, 0) is 37.4 Å². The van der Waals surface area contributed by atoms with Crippen LogP contribution in [-0.4, -0.2) is 55.0 Å². The maximum absolute atomic E-state index is 12.3. The number of nitrogens with two attached hydrogens (primary N) is 1. The van der Waals surface area contributed by atoms with Gasteiger partial charge in [0.15, 0.2) is 0 Å². The van der Waals surface area contributed by atoms with Gasteiger partial charge in [0, 0.05) is 51.2 Å². The molecule has 0 spiro atoms. The molecule has 1 heterocycles. The summed E-state index contributed by atoms with van der Waals surface area (Å²) in [5, 5.41) is 3.08. The number of nitrogens with one attached hydrogen (secondary N) is 1. The summed E-state index contributed by atoms with van der Waals surface area (Å²) in [5.74, 6) is 0.261. The largest absolute Gasteiger partial charge is 0.352 e. The van der Waals surface area contributed by atoms with Gasteiger partial charge in [0.2, 0.25) is 5.91 Å². The molecule has 0 bridgehead atoms. The second kappa shape index (κ2) is 8.79. The lowest BCUT2D eigenvalue weighted by molar-refractivity contribution is -0.126. The second-order valence-corrected chi connectivity index (χ2v) is 7.74. The molecule has 1 aromatic rings. The molecule has 2 atom stereocenters. The molecule has 1 aliphatic heterocycles. The summed E-state index contributed by atoms with van der Waals surface area (Å²) >= 11 is 0. The van der Waals surface area contributed by atoms with Crippen LogP contribution < -0.4 is 11.1 Å². The van der Waals surface area contributed by atoms with E-state index in [0.29, 0.717) is 6.54 Å². The zero-order valence-electron chi connectivity index (χ0n) is 15.4. The van der Waals surface area contributed by atoms with Crippen molar-refractivity contribution in [2.24, 2.45) is 11.7 Å². The maximum Gasteiger partial charge on any atom is 0.223 e. The predicted molar refractivity (Wildman–Crippen MR) is 101 cm³/mol. The standard InChI is InChI=1S/C20H32N4O/c1-23-9-11-24(12-10-23)15-17-7-5-16(6-8-17)14-22-20(25)18-3-2-4-19(21)13-18/h5-8,18-19H,2-4,9-15,21H2,1H3,(H,22,25). The highest BCUT2D eigenvalue weighted by Gasteiger charge is 2.24. The van der Waals surface area contributed by atoms with E-state index in [1.54, 1.807) is 0 Å². The number of rotatable bonds is 5. The topological polar surface area (TPSA) is 61.6 Å². The number of hydrogen-bond acceptors (Lipinski definition) is 4. The molecule has 1 aromatic carbocycles. The van der Waals surface area contributed by atoms with Crippen molar-refractivity contribution in [3.05, 3.63) is 35.4 Å². The molecule has 1 saturated heterocycles. The van der Waals surface area contributed by atoms with E-state index in [-0.39, 0.29) is 17.9 Å². The monoisotopic (exact) mass is 344 g/mol. The molecular formula is C20H32N4O. The van der Waals surface area contributed by atoms with E-state index in [9.17, 15) is 4.79 Å². The van der Waals surface area contributed by atoms with Crippen molar-refractivity contribution in [3.8, 4) is 0 Å². The highest BCUT2D eigenvalue weighted by molar-refractivity contribution is 5.78. The van der Waals surface area contributed by atoms with Gasteiger partial charge in [-0.1, -0.05) is 30.7 Å². The van der Waals surface area contributed by atoms with Crippen LogP contribution in [0.3, 0.4) is 0 Å². The summed E-state index contributed by atoms with van der Waals surface area (Å²) in [7, 11) is 2.18. The van der Waals surface area contributed by atoms with Crippen LogP contribution in [0.2, 0.25) is 0 Å². The van der Waals surface area contributed by atoms with E-state index < -0.39 is 0 Å². The minimum atomic E-state index is 0.0975. The Morgan fingerprint density at radius 2 is 1.80 bits per heavy atom. The highest BCUT2D eigenvalue weighted by Crippen LogP contribution is 2.23. The van der Waals surface area contributed by atoms with Crippen LogP contribution in [0.25, 0.3) is 0 Å². The average molecular weight is 345 g/mol. The third kappa shape index (κ3) is 5.53. The number of amides is 1. The first-order chi connectivity index (χ1) is 12.1. The first-order valence-corrected chi connectivity index (χ1v) is 9.62. The summed E-state index contributed by atoms with van der Waals surface area (Å²) in [6, 6.07) is 8.85. The zero-order valence-corrected chi connectivity index (χ0v) is 15.4. The Bertz CT molecular complexity index is 551. The molecule has 1 saturated carbocycles. The Hall–Kier alpha value is -1.43. The van der Waals surface area contributed by atoms with Gasteiger partial charge in [-0.15, -0.1) is 0 Å². The van der Waals surface area contributed by atoms with Gasteiger partial charge in [0.25, 0.3) is 0 Å². The van der Waals surface area contributed by atoms with E-state index in [4.69, 9.17) is 5.73 Å². The van der Waals surface area contributed by atoms with Crippen molar-refractivity contribution in [2.45, 2.75) is 44.8 Å². The summed E-state index contributed by atoms with van der Waals surface area (Å²) in [6.45, 7) is 6.19. The van der Waals surface area contributed by atoms with Gasteiger partial charge in [0.1, 0.15) is 0 Å². The van der Waals surface area contributed by atoms with E-state index in [1.165, 1.54) is 5.56 Å². The molecule has 0 radical (unpaired) electrons.